The van der Waals surface area contributed by atoms with Crippen LogP contribution in [0.25, 0.3) is 0 Å². The van der Waals surface area contributed by atoms with Crippen molar-refractivity contribution in [2.24, 2.45) is 0 Å². The minimum Gasteiger partial charge on any atom is -0.478 e. The summed E-state index contributed by atoms with van der Waals surface area (Å²) in [7, 11) is 0. The summed E-state index contributed by atoms with van der Waals surface area (Å²) in [5.74, 6) is 3.86. The molecule has 0 unspecified atom stereocenters. The van der Waals surface area contributed by atoms with Gasteiger partial charge in [0.1, 0.15) is 0 Å². The zero-order valence-corrected chi connectivity index (χ0v) is 10.7. The average Bonchev–Trinajstić information content (AvgIpc) is 2.37. The highest BCUT2D eigenvalue weighted by Gasteiger charge is 2.13. The van der Waals surface area contributed by atoms with Crippen LogP contribution in [0.5, 0.6) is 0 Å². The second-order valence-electron chi connectivity index (χ2n) is 3.83. The van der Waals surface area contributed by atoms with Crippen molar-refractivity contribution in [1.82, 2.24) is 5.32 Å². The molecule has 0 bridgehead atoms. The van der Waals surface area contributed by atoms with Crippen molar-refractivity contribution < 1.29 is 19.6 Å². The predicted molar refractivity (Wildman–Crippen MR) is 70.2 cm³/mol. The average molecular weight is 276 g/mol. The van der Waals surface area contributed by atoms with E-state index >= 15 is 0 Å². The zero-order valence-electron chi connectivity index (χ0n) is 10.7. The van der Waals surface area contributed by atoms with Gasteiger partial charge in [0.15, 0.2) is 0 Å². The van der Waals surface area contributed by atoms with E-state index in [1.54, 1.807) is 0 Å². The highest BCUT2D eigenvalue weighted by molar-refractivity contribution is 5.91. The van der Waals surface area contributed by atoms with Gasteiger partial charge in [0.25, 0.3) is 5.69 Å². The van der Waals surface area contributed by atoms with E-state index in [1.807, 2.05) is 0 Å². The van der Waals surface area contributed by atoms with Crippen LogP contribution in [0.15, 0.2) is 18.2 Å². The quantitative estimate of drug-likeness (QED) is 0.371. The molecule has 0 aromatic heterocycles. The lowest BCUT2D eigenvalue weighted by Crippen LogP contribution is -2.20. The number of carbonyl (C=O) groups is 2. The Morgan fingerprint density at radius 3 is 2.70 bits per heavy atom. The van der Waals surface area contributed by atoms with E-state index in [0.717, 1.165) is 18.2 Å². The first kappa shape index (κ1) is 15.2. The number of benzene rings is 1. The smallest absolute Gasteiger partial charge is 0.336 e. The van der Waals surface area contributed by atoms with Gasteiger partial charge in [-0.3, -0.25) is 14.9 Å². The lowest BCUT2D eigenvalue weighted by atomic mass is 10.1. The highest BCUT2D eigenvalue weighted by Crippen LogP contribution is 2.17. The molecule has 0 aliphatic rings. The lowest BCUT2D eigenvalue weighted by molar-refractivity contribution is -0.384. The molecule has 2 N–H and O–H groups in total. The summed E-state index contributed by atoms with van der Waals surface area (Å²) in [5.41, 5.74) is -0.238. The van der Waals surface area contributed by atoms with Gasteiger partial charge in [0, 0.05) is 37.6 Å². The first-order valence-corrected chi connectivity index (χ1v) is 5.67. The molecule has 20 heavy (non-hydrogen) atoms. The lowest BCUT2D eigenvalue weighted by Gasteiger charge is -1.99. The number of nitrogens with one attached hydrogen (secondary N) is 1. The number of carbonyl (C=O) groups excluding carboxylic acids is 1. The fourth-order valence-electron chi connectivity index (χ4n) is 1.39. The number of amides is 1. The maximum atomic E-state index is 11.0. The summed E-state index contributed by atoms with van der Waals surface area (Å²) in [6, 6.07) is 3.39. The van der Waals surface area contributed by atoms with Crippen molar-refractivity contribution in [2.75, 3.05) is 6.54 Å². The summed E-state index contributed by atoms with van der Waals surface area (Å²) >= 11 is 0. The van der Waals surface area contributed by atoms with Gasteiger partial charge in [0.2, 0.25) is 5.91 Å². The van der Waals surface area contributed by atoms with Crippen LogP contribution in [0, 0.1) is 22.0 Å². The standard InChI is InChI=1S/C13H12N2O5/c1-9(16)14-7-3-2-4-10-8-11(15(19)20)5-6-12(10)13(17)18/h5-6,8H,3,7H2,1H3,(H,14,16)(H,17,18). The molecule has 0 heterocycles. The van der Waals surface area contributed by atoms with Crippen LogP contribution in [0.4, 0.5) is 5.69 Å². The van der Waals surface area contributed by atoms with E-state index in [4.69, 9.17) is 5.11 Å². The second-order valence-corrected chi connectivity index (χ2v) is 3.83. The molecule has 0 aliphatic heterocycles. The summed E-state index contributed by atoms with van der Waals surface area (Å²) < 4.78 is 0. The second kappa shape index (κ2) is 6.89. The summed E-state index contributed by atoms with van der Waals surface area (Å²) in [4.78, 5) is 31.6. The van der Waals surface area contributed by atoms with Gasteiger partial charge < -0.3 is 10.4 Å². The van der Waals surface area contributed by atoms with Gasteiger partial charge >= 0.3 is 5.97 Å². The van der Waals surface area contributed by atoms with E-state index in [2.05, 4.69) is 17.2 Å². The van der Waals surface area contributed by atoms with Gasteiger partial charge in [-0.2, -0.15) is 0 Å². The van der Waals surface area contributed by atoms with E-state index < -0.39 is 10.9 Å². The molecule has 0 spiro atoms. The number of nitro groups is 1. The Kier molecular flexibility index (Phi) is 5.23. The third-order valence-electron chi connectivity index (χ3n) is 2.29. The molecule has 0 fully saturated rings. The van der Waals surface area contributed by atoms with Gasteiger partial charge in [-0.05, 0) is 6.07 Å². The van der Waals surface area contributed by atoms with Crippen LogP contribution in [0.2, 0.25) is 0 Å². The molecule has 7 nitrogen and oxygen atoms in total. The van der Waals surface area contributed by atoms with Crippen molar-refractivity contribution in [3.63, 3.8) is 0 Å². The maximum absolute atomic E-state index is 11.0. The normalized spacial score (nSPS) is 9.25. The van der Waals surface area contributed by atoms with E-state index in [1.165, 1.54) is 6.92 Å². The number of rotatable bonds is 4. The van der Waals surface area contributed by atoms with E-state index in [9.17, 15) is 19.7 Å². The molecule has 7 heteroatoms. The Morgan fingerprint density at radius 2 is 2.15 bits per heavy atom. The number of nitro benzene ring substituents is 1. The van der Waals surface area contributed by atoms with Crippen LogP contribution in [0.1, 0.15) is 29.3 Å². The van der Waals surface area contributed by atoms with Crippen molar-refractivity contribution in [1.29, 1.82) is 0 Å². The van der Waals surface area contributed by atoms with Crippen molar-refractivity contribution >= 4 is 17.6 Å². The number of aromatic carboxylic acids is 1. The maximum Gasteiger partial charge on any atom is 0.336 e. The number of hydrogen-bond donors (Lipinski definition) is 2. The number of non-ortho nitro benzene ring substituents is 1. The molecule has 0 aliphatic carbocycles. The molecule has 104 valence electrons. The Morgan fingerprint density at radius 1 is 1.45 bits per heavy atom. The highest BCUT2D eigenvalue weighted by atomic mass is 16.6. The molecule has 0 atom stereocenters. The van der Waals surface area contributed by atoms with Gasteiger partial charge in [0.05, 0.1) is 10.5 Å². The Hall–Kier alpha value is -2.88. The van der Waals surface area contributed by atoms with E-state index in [0.29, 0.717) is 13.0 Å². The van der Waals surface area contributed by atoms with Crippen LogP contribution in [0.3, 0.4) is 0 Å². The van der Waals surface area contributed by atoms with Gasteiger partial charge in [-0.1, -0.05) is 11.8 Å². The summed E-state index contributed by atoms with van der Waals surface area (Å²) in [6.07, 6.45) is 0.321. The third-order valence-corrected chi connectivity index (χ3v) is 2.29. The Balaban J connectivity index is 2.93. The van der Waals surface area contributed by atoms with Crippen LogP contribution in [-0.4, -0.2) is 28.5 Å². The topological polar surface area (TPSA) is 110 Å². The number of hydrogen-bond acceptors (Lipinski definition) is 4. The molecule has 1 amide bonds. The van der Waals surface area contributed by atoms with E-state index in [-0.39, 0.29) is 22.7 Å². The minimum absolute atomic E-state index is 0.0783. The molecule has 1 aromatic rings. The molecular formula is C13H12N2O5. The van der Waals surface area contributed by atoms with Crippen molar-refractivity contribution in [3.8, 4) is 11.8 Å². The fraction of sp³-hybridized carbons (Fsp3) is 0.231. The number of nitrogens with zero attached hydrogens (tertiary/aromatic N) is 1. The number of carboxylic acids is 1. The van der Waals surface area contributed by atoms with Crippen molar-refractivity contribution in [2.45, 2.75) is 13.3 Å². The number of carboxylic acid groups (broad SMARTS) is 1. The fourth-order valence-corrected chi connectivity index (χ4v) is 1.39. The molecule has 1 aromatic carbocycles. The molecule has 1 rings (SSSR count). The third kappa shape index (κ3) is 4.42. The first-order valence-electron chi connectivity index (χ1n) is 5.67. The van der Waals surface area contributed by atoms with Crippen LogP contribution >= 0.6 is 0 Å². The molecule has 0 radical (unpaired) electrons. The summed E-state index contributed by atoms with van der Waals surface area (Å²) in [6.45, 7) is 1.70. The van der Waals surface area contributed by atoms with Crippen LogP contribution in [-0.2, 0) is 4.79 Å². The predicted octanol–water partition coefficient (Wildman–Crippen LogP) is 1.17. The monoisotopic (exact) mass is 276 g/mol. The summed E-state index contributed by atoms with van der Waals surface area (Å²) in [5, 5.41) is 22.2. The Bertz CT molecular complexity index is 613. The first-order chi connectivity index (χ1) is 9.41. The van der Waals surface area contributed by atoms with Crippen LogP contribution < -0.4 is 5.32 Å². The SMILES string of the molecule is CC(=O)NCCC#Cc1cc([N+](=O)[O-])ccc1C(=O)O. The molecular weight excluding hydrogens is 264 g/mol. The minimum atomic E-state index is -1.20. The Labute approximate surface area is 114 Å². The van der Waals surface area contributed by atoms with Gasteiger partial charge in [-0.25, -0.2) is 4.79 Å². The largest absolute Gasteiger partial charge is 0.478 e. The molecule has 0 saturated heterocycles. The molecule has 0 saturated carbocycles. The zero-order chi connectivity index (χ0) is 15.1. The van der Waals surface area contributed by atoms with Gasteiger partial charge in [-0.15, -0.1) is 0 Å². The van der Waals surface area contributed by atoms with Crippen molar-refractivity contribution in [3.05, 3.63) is 39.4 Å².